The van der Waals surface area contributed by atoms with Crippen LogP contribution >= 0.6 is 15.9 Å². The third kappa shape index (κ3) is 3.34. The normalized spacial score (nSPS) is 23.9. The number of benzene rings is 4. The molecule has 3 aliphatic rings. The van der Waals surface area contributed by atoms with Gasteiger partial charge in [0, 0.05) is 21.4 Å². The van der Waals surface area contributed by atoms with Crippen molar-refractivity contribution in [3.05, 3.63) is 136 Å². The molecule has 1 fully saturated rings. The van der Waals surface area contributed by atoms with E-state index in [2.05, 4.69) is 21.2 Å². The van der Waals surface area contributed by atoms with Crippen LogP contribution < -0.4 is 10.2 Å². The average Bonchev–Trinajstić information content (AvgIpc) is 3.45. The summed E-state index contributed by atoms with van der Waals surface area (Å²) in [7, 11) is 0. The first kappa shape index (κ1) is 24.7. The summed E-state index contributed by atoms with van der Waals surface area (Å²) in [6.07, 6.45) is 3.84. The summed E-state index contributed by atoms with van der Waals surface area (Å²) in [6.45, 7) is 0. The number of Topliss-reactive ketones (excluding diaryl/α,β-unsaturated/α-hetero) is 2. The van der Waals surface area contributed by atoms with Crippen molar-refractivity contribution in [3.8, 4) is 0 Å². The number of fused-ring (bicyclic) bond motifs is 6. The molecule has 0 aliphatic carbocycles. The van der Waals surface area contributed by atoms with Gasteiger partial charge < -0.3 is 10.2 Å². The predicted octanol–water partition coefficient (Wildman–Crippen LogP) is 6.44. The largest absolute Gasteiger partial charge is 0.352 e. The van der Waals surface area contributed by atoms with Gasteiger partial charge in [-0.2, -0.15) is 0 Å². The van der Waals surface area contributed by atoms with Crippen molar-refractivity contribution < 1.29 is 18.8 Å². The Hall–Kier alpha value is -4.36. The van der Waals surface area contributed by atoms with Gasteiger partial charge in [0.25, 0.3) is 0 Å². The van der Waals surface area contributed by atoms with Crippen LogP contribution in [0, 0.1) is 11.7 Å². The molecule has 3 aliphatic heterocycles. The Morgan fingerprint density at radius 2 is 1.55 bits per heavy atom. The van der Waals surface area contributed by atoms with Crippen LogP contribution in [0.3, 0.4) is 0 Å². The van der Waals surface area contributed by atoms with Crippen LogP contribution in [0.4, 0.5) is 15.8 Å². The highest BCUT2D eigenvalue weighted by molar-refractivity contribution is 9.10. The topological polar surface area (TPSA) is 66.5 Å². The molecule has 1 saturated heterocycles. The third-order valence-corrected chi connectivity index (χ3v) is 8.89. The summed E-state index contributed by atoms with van der Waals surface area (Å²) in [6, 6.07) is 25.7. The highest BCUT2D eigenvalue weighted by Crippen LogP contribution is 2.58. The van der Waals surface area contributed by atoms with Crippen LogP contribution in [0.25, 0.3) is 6.08 Å². The summed E-state index contributed by atoms with van der Waals surface area (Å²) in [5.74, 6) is -3.07. The maximum absolute atomic E-state index is 15.2. The molecule has 0 radical (unpaired) electrons. The maximum Gasteiger partial charge on any atom is 0.238 e. The first-order chi connectivity index (χ1) is 19.4. The third-order valence-electron chi connectivity index (χ3n) is 8.36. The fraction of sp³-hybridized carbons (Fsp3) is 0.121. The molecule has 5 nitrogen and oxygen atoms in total. The quantitative estimate of drug-likeness (QED) is 0.277. The van der Waals surface area contributed by atoms with E-state index < -0.39 is 35.0 Å². The van der Waals surface area contributed by atoms with Gasteiger partial charge in [-0.05, 0) is 47.5 Å². The molecule has 1 N–H and O–H groups in total. The Morgan fingerprint density at radius 3 is 2.35 bits per heavy atom. The molecule has 196 valence electrons. The molecule has 1 spiro atoms. The van der Waals surface area contributed by atoms with E-state index in [-0.39, 0.29) is 17.3 Å². The molecule has 7 rings (SSSR count). The van der Waals surface area contributed by atoms with E-state index in [1.807, 2.05) is 59.5 Å². The molecular formula is C33H22BrFN2O3. The predicted molar refractivity (Wildman–Crippen MR) is 155 cm³/mol. The van der Waals surface area contributed by atoms with E-state index in [9.17, 15) is 14.4 Å². The Labute approximate surface area is 238 Å². The van der Waals surface area contributed by atoms with Gasteiger partial charge in [-0.15, -0.1) is 0 Å². The molecule has 4 aromatic carbocycles. The number of ketones is 2. The van der Waals surface area contributed by atoms with Crippen LogP contribution in [0.2, 0.25) is 0 Å². The number of anilines is 2. The lowest BCUT2D eigenvalue weighted by Gasteiger charge is -2.37. The minimum absolute atomic E-state index is 0.115. The van der Waals surface area contributed by atoms with Crippen molar-refractivity contribution >= 4 is 50.9 Å². The highest BCUT2D eigenvalue weighted by atomic mass is 79.9. The minimum atomic E-state index is -1.43. The number of carbonyl (C=O) groups is 3. The first-order valence-electron chi connectivity index (χ1n) is 13.0. The lowest BCUT2D eigenvalue weighted by Crippen LogP contribution is -2.51. The van der Waals surface area contributed by atoms with E-state index >= 15 is 4.39 Å². The molecule has 40 heavy (non-hydrogen) atoms. The van der Waals surface area contributed by atoms with Crippen molar-refractivity contribution in [2.24, 2.45) is 5.92 Å². The second-order valence-electron chi connectivity index (χ2n) is 10.3. The van der Waals surface area contributed by atoms with Crippen molar-refractivity contribution in [1.29, 1.82) is 0 Å². The van der Waals surface area contributed by atoms with E-state index in [4.69, 9.17) is 0 Å². The zero-order valence-corrected chi connectivity index (χ0v) is 22.6. The Morgan fingerprint density at radius 1 is 0.850 bits per heavy atom. The Bertz CT molecular complexity index is 1750. The van der Waals surface area contributed by atoms with Crippen LogP contribution in [-0.4, -0.2) is 29.6 Å². The van der Waals surface area contributed by atoms with Gasteiger partial charge in [0.05, 0.1) is 17.5 Å². The van der Waals surface area contributed by atoms with Crippen molar-refractivity contribution in [3.63, 3.8) is 0 Å². The molecule has 1 amide bonds. The Kier molecular flexibility index (Phi) is 5.61. The molecule has 4 atom stereocenters. The lowest BCUT2D eigenvalue weighted by atomic mass is 9.64. The number of hydrogen-bond donors (Lipinski definition) is 1. The summed E-state index contributed by atoms with van der Waals surface area (Å²) in [4.78, 5) is 45.3. The number of amides is 1. The minimum Gasteiger partial charge on any atom is -0.352 e. The number of para-hydroxylation sites is 2. The smallest absolute Gasteiger partial charge is 0.238 e. The zero-order chi connectivity index (χ0) is 27.6. The van der Waals surface area contributed by atoms with Gasteiger partial charge in [0.15, 0.2) is 11.6 Å². The summed E-state index contributed by atoms with van der Waals surface area (Å²) in [5, 5.41) is 3.00. The van der Waals surface area contributed by atoms with Crippen LogP contribution in [0.15, 0.2) is 108 Å². The second-order valence-corrected chi connectivity index (χ2v) is 11.2. The monoisotopic (exact) mass is 592 g/mol. The summed E-state index contributed by atoms with van der Waals surface area (Å²) >= 11 is 3.42. The average molecular weight is 593 g/mol. The molecule has 0 aromatic heterocycles. The number of carbonyl (C=O) groups excluding carboxylic acids is 3. The first-order valence-corrected chi connectivity index (χ1v) is 13.8. The van der Waals surface area contributed by atoms with Gasteiger partial charge in [0.2, 0.25) is 5.91 Å². The van der Waals surface area contributed by atoms with Gasteiger partial charge in [-0.3, -0.25) is 14.4 Å². The van der Waals surface area contributed by atoms with Crippen LogP contribution in [-0.2, 0) is 10.2 Å². The molecule has 4 aromatic rings. The lowest BCUT2D eigenvalue weighted by molar-refractivity contribution is -0.121. The maximum atomic E-state index is 15.2. The van der Waals surface area contributed by atoms with E-state index in [0.29, 0.717) is 22.5 Å². The van der Waals surface area contributed by atoms with E-state index in [1.165, 1.54) is 18.2 Å². The van der Waals surface area contributed by atoms with Crippen molar-refractivity contribution in [2.75, 3.05) is 10.2 Å². The number of halogens is 2. The molecular weight excluding hydrogens is 571 g/mol. The number of hydrogen-bond acceptors (Lipinski definition) is 4. The fourth-order valence-corrected chi connectivity index (χ4v) is 7.00. The molecule has 3 heterocycles. The van der Waals surface area contributed by atoms with E-state index in [1.54, 1.807) is 36.4 Å². The SMILES string of the molecule is O=C(c1ccccc1F)[C@@H]1[C@H](C(=O)c2ccc(Br)cc2)[C@]2(C(=O)Nc3ccccc32)[C@@H]2C=Cc3ccccc3N12. The number of nitrogens with one attached hydrogen (secondary N) is 1. The molecule has 7 heteroatoms. The van der Waals surface area contributed by atoms with Crippen LogP contribution in [0.1, 0.15) is 31.8 Å². The summed E-state index contributed by atoms with van der Waals surface area (Å²) in [5.41, 5.74) is 1.64. The van der Waals surface area contributed by atoms with Gasteiger partial charge in [0.1, 0.15) is 17.3 Å². The molecule has 0 unspecified atom stereocenters. The van der Waals surface area contributed by atoms with Crippen molar-refractivity contribution in [1.82, 2.24) is 0 Å². The van der Waals surface area contributed by atoms with Crippen LogP contribution in [0.5, 0.6) is 0 Å². The Balaban J connectivity index is 1.55. The van der Waals surface area contributed by atoms with E-state index in [0.717, 1.165) is 10.0 Å². The van der Waals surface area contributed by atoms with Crippen molar-refractivity contribution in [2.45, 2.75) is 17.5 Å². The standard InChI is InChI=1S/C33H22BrFN2O3/c34-21-16-13-20(14-17-21)30(38)28-29(31(39)22-8-2-4-10-24(22)35)37-26-12-6-1-7-19(26)15-18-27(37)33(28)23-9-3-5-11-25(23)36-32(33)40/h1-18,27-29H,(H,36,40)/t27-,28+,29-,33+/m0/s1. The fourth-order valence-electron chi connectivity index (χ4n) is 6.73. The van der Waals surface area contributed by atoms with Gasteiger partial charge in [-0.25, -0.2) is 4.39 Å². The number of nitrogens with zero attached hydrogens (tertiary/aromatic N) is 1. The molecule has 0 bridgehead atoms. The zero-order valence-electron chi connectivity index (χ0n) is 21.1. The number of rotatable bonds is 4. The van der Waals surface area contributed by atoms with Gasteiger partial charge >= 0.3 is 0 Å². The molecule has 0 saturated carbocycles. The highest BCUT2D eigenvalue weighted by Gasteiger charge is 2.70. The van der Waals surface area contributed by atoms with Gasteiger partial charge in [-0.1, -0.05) is 88.7 Å². The second kappa shape index (κ2) is 9.10. The summed E-state index contributed by atoms with van der Waals surface area (Å²) < 4.78 is 16.0.